The Kier molecular flexibility index (Phi) is 12.6. The molecule has 1 aliphatic rings. The molecule has 1 aliphatic heterocycles. The van der Waals surface area contributed by atoms with Crippen molar-refractivity contribution in [3.05, 3.63) is 59.2 Å². The van der Waals surface area contributed by atoms with Gasteiger partial charge in [0.1, 0.15) is 6.04 Å². The van der Waals surface area contributed by atoms with E-state index in [-0.39, 0.29) is 5.91 Å². The van der Waals surface area contributed by atoms with Gasteiger partial charge in [0.15, 0.2) is 0 Å². The number of nitrogens with zero attached hydrogens (tertiary/aromatic N) is 2. The summed E-state index contributed by atoms with van der Waals surface area (Å²) < 4.78 is 0. The summed E-state index contributed by atoms with van der Waals surface area (Å²) in [6.45, 7) is 10.7. The summed E-state index contributed by atoms with van der Waals surface area (Å²) in [5, 5.41) is 12.4. The molecule has 208 valence electrons. The van der Waals surface area contributed by atoms with Crippen LogP contribution in [0.2, 0.25) is 0 Å². The molecule has 0 bridgehead atoms. The highest BCUT2D eigenvalue weighted by Crippen LogP contribution is 2.29. The van der Waals surface area contributed by atoms with Gasteiger partial charge in [-0.2, -0.15) is 11.8 Å². The SMILES string of the molecule is CCCCN(CCN1CCCCC1)Cc1ccc(C(=O)N[C@@H](CCSC)C(=O)O)c(-c2ccccc2C)c1. The van der Waals surface area contributed by atoms with Gasteiger partial charge in [0, 0.05) is 25.2 Å². The van der Waals surface area contributed by atoms with E-state index in [1.165, 1.54) is 37.9 Å². The number of unbranched alkanes of at least 4 members (excludes halogenated alkanes) is 1. The molecule has 3 rings (SSSR count). The highest BCUT2D eigenvalue weighted by atomic mass is 32.2. The number of carboxylic acid groups (broad SMARTS) is 1. The van der Waals surface area contributed by atoms with E-state index in [1.54, 1.807) is 11.8 Å². The predicted molar refractivity (Wildman–Crippen MR) is 159 cm³/mol. The molecule has 0 unspecified atom stereocenters. The number of carboxylic acids is 1. The Morgan fingerprint density at radius 2 is 1.84 bits per heavy atom. The first-order chi connectivity index (χ1) is 18.4. The van der Waals surface area contributed by atoms with Crippen LogP contribution in [0, 0.1) is 6.92 Å². The van der Waals surface area contributed by atoms with Gasteiger partial charge in [0.05, 0.1) is 0 Å². The standard InChI is InChI=1S/C31H45N3O3S/c1-4-5-16-34(20-19-33-17-9-6-10-18-33)23-25-13-14-27(28(22-25)26-12-8-7-11-24(26)2)30(35)32-29(31(36)37)15-21-38-3/h7-8,11-14,22,29H,4-6,9-10,15-21,23H2,1-3H3,(H,32,35)(H,36,37)/t29-/m0/s1. The Bertz CT molecular complexity index is 1040. The van der Waals surface area contributed by atoms with E-state index in [1.807, 2.05) is 49.6 Å². The van der Waals surface area contributed by atoms with Crippen molar-refractivity contribution in [1.82, 2.24) is 15.1 Å². The fraction of sp³-hybridized carbons (Fsp3) is 0.548. The normalized spacial score (nSPS) is 14.9. The summed E-state index contributed by atoms with van der Waals surface area (Å²) in [7, 11) is 0. The zero-order valence-electron chi connectivity index (χ0n) is 23.4. The van der Waals surface area contributed by atoms with E-state index in [0.717, 1.165) is 55.7 Å². The average Bonchev–Trinajstić information content (AvgIpc) is 2.93. The van der Waals surface area contributed by atoms with Gasteiger partial charge in [-0.1, -0.05) is 50.1 Å². The second kappa shape index (κ2) is 15.9. The summed E-state index contributed by atoms with van der Waals surface area (Å²) in [5.74, 6) is -0.663. The Morgan fingerprint density at radius 1 is 1.08 bits per heavy atom. The third-order valence-corrected chi connectivity index (χ3v) is 8.04. The molecule has 2 aromatic carbocycles. The smallest absolute Gasteiger partial charge is 0.326 e. The van der Waals surface area contributed by atoms with Crippen molar-refractivity contribution in [2.45, 2.75) is 65.0 Å². The first-order valence-electron chi connectivity index (χ1n) is 14.1. The number of thioether (sulfide) groups is 1. The molecule has 7 heteroatoms. The summed E-state index contributed by atoms with van der Waals surface area (Å²) >= 11 is 1.58. The second-order valence-electron chi connectivity index (χ2n) is 10.4. The largest absolute Gasteiger partial charge is 0.480 e. The van der Waals surface area contributed by atoms with Gasteiger partial charge in [-0.05, 0) is 98.6 Å². The minimum absolute atomic E-state index is 0.337. The lowest BCUT2D eigenvalue weighted by molar-refractivity contribution is -0.139. The molecule has 2 N–H and O–H groups in total. The molecule has 1 heterocycles. The van der Waals surface area contributed by atoms with Crippen LogP contribution in [0.1, 0.15) is 66.9 Å². The summed E-state index contributed by atoms with van der Waals surface area (Å²) in [6.07, 6.45) is 8.61. The molecule has 6 nitrogen and oxygen atoms in total. The van der Waals surface area contributed by atoms with E-state index >= 15 is 0 Å². The fourth-order valence-corrected chi connectivity index (χ4v) is 5.56. The summed E-state index contributed by atoms with van der Waals surface area (Å²) in [5.41, 5.74) is 4.64. The van der Waals surface area contributed by atoms with Crippen LogP contribution in [-0.4, -0.2) is 77.6 Å². The molecule has 1 saturated heterocycles. The Balaban J connectivity index is 1.85. The maximum atomic E-state index is 13.4. The average molecular weight is 540 g/mol. The van der Waals surface area contributed by atoms with E-state index in [4.69, 9.17) is 0 Å². The highest BCUT2D eigenvalue weighted by molar-refractivity contribution is 7.98. The van der Waals surface area contributed by atoms with Gasteiger partial charge >= 0.3 is 5.97 Å². The van der Waals surface area contributed by atoms with Crippen LogP contribution in [0.15, 0.2) is 42.5 Å². The van der Waals surface area contributed by atoms with Crippen molar-refractivity contribution in [3.63, 3.8) is 0 Å². The van der Waals surface area contributed by atoms with E-state index < -0.39 is 12.0 Å². The minimum atomic E-state index is -0.998. The topological polar surface area (TPSA) is 72.9 Å². The number of piperidine rings is 1. The maximum absolute atomic E-state index is 13.4. The number of aryl methyl sites for hydroxylation is 1. The molecular weight excluding hydrogens is 494 g/mol. The number of carbonyl (C=O) groups is 2. The molecular formula is C31H45N3O3S. The Morgan fingerprint density at radius 3 is 2.53 bits per heavy atom. The van der Waals surface area contributed by atoms with Crippen molar-refractivity contribution >= 4 is 23.6 Å². The highest BCUT2D eigenvalue weighted by Gasteiger charge is 2.23. The van der Waals surface area contributed by atoms with Crippen LogP contribution >= 0.6 is 11.8 Å². The molecule has 1 amide bonds. The van der Waals surface area contributed by atoms with Crippen LogP contribution in [0.4, 0.5) is 0 Å². The molecule has 0 saturated carbocycles. The number of amides is 1. The van der Waals surface area contributed by atoms with Gasteiger partial charge in [-0.3, -0.25) is 9.69 Å². The van der Waals surface area contributed by atoms with Crippen molar-refractivity contribution < 1.29 is 14.7 Å². The lowest BCUT2D eigenvalue weighted by Crippen LogP contribution is -2.41. The number of hydrogen-bond donors (Lipinski definition) is 2. The monoisotopic (exact) mass is 539 g/mol. The number of benzene rings is 2. The zero-order chi connectivity index (χ0) is 27.3. The molecule has 0 aliphatic carbocycles. The van der Waals surface area contributed by atoms with Crippen molar-refractivity contribution in [2.75, 3.05) is 44.7 Å². The molecule has 38 heavy (non-hydrogen) atoms. The lowest BCUT2D eigenvalue weighted by Gasteiger charge is -2.30. The fourth-order valence-electron chi connectivity index (χ4n) is 5.09. The van der Waals surface area contributed by atoms with Crippen LogP contribution in [-0.2, 0) is 11.3 Å². The third kappa shape index (κ3) is 9.14. The quantitative estimate of drug-likeness (QED) is 0.303. The number of nitrogens with one attached hydrogen (secondary N) is 1. The van der Waals surface area contributed by atoms with Crippen LogP contribution in [0.5, 0.6) is 0 Å². The summed E-state index contributed by atoms with van der Waals surface area (Å²) in [4.78, 5) is 30.3. The number of aliphatic carboxylic acids is 1. The number of carbonyl (C=O) groups excluding carboxylic acids is 1. The lowest BCUT2D eigenvalue weighted by atomic mass is 9.93. The van der Waals surface area contributed by atoms with Crippen LogP contribution in [0.3, 0.4) is 0 Å². The van der Waals surface area contributed by atoms with E-state index in [0.29, 0.717) is 17.7 Å². The molecule has 1 atom stereocenters. The maximum Gasteiger partial charge on any atom is 0.326 e. The van der Waals surface area contributed by atoms with Gasteiger partial charge in [0.2, 0.25) is 0 Å². The number of rotatable bonds is 15. The van der Waals surface area contributed by atoms with E-state index in [9.17, 15) is 14.7 Å². The molecule has 0 spiro atoms. The Labute approximate surface area is 233 Å². The van der Waals surface area contributed by atoms with Crippen molar-refractivity contribution in [2.24, 2.45) is 0 Å². The number of hydrogen-bond acceptors (Lipinski definition) is 5. The first-order valence-corrected chi connectivity index (χ1v) is 15.5. The summed E-state index contributed by atoms with van der Waals surface area (Å²) in [6, 6.07) is 13.2. The predicted octanol–water partition coefficient (Wildman–Crippen LogP) is 5.69. The zero-order valence-corrected chi connectivity index (χ0v) is 24.2. The third-order valence-electron chi connectivity index (χ3n) is 7.39. The van der Waals surface area contributed by atoms with Gasteiger partial charge < -0.3 is 15.3 Å². The van der Waals surface area contributed by atoms with Crippen LogP contribution < -0.4 is 5.32 Å². The van der Waals surface area contributed by atoms with Crippen molar-refractivity contribution in [3.8, 4) is 11.1 Å². The molecule has 1 fully saturated rings. The van der Waals surface area contributed by atoms with E-state index in [2.05, 4.69) is 28.1 Å². The van der Waals surface area contributed by atoms with Gasteiger partial charge in [-0.15, -0.1) is 0 Å². The minimum Gasteiger partial charge on any atom is -0.480 e. The van der Waals surface area contributed by atoms with Gasteiger partial charge in [-0.25, -0.2) is 4.79 Å². The second-order valence-corrected chi connectivity index (χ2v) is 11.4. The Hall–Kier alpha value is -2.35. The van der Waals surface area contributed by atoms with Gasteiger partial charge in [0.25, 0.3) is 5.91 Å². The molecule has 2 aromatic rings. The molecule has 0 aromatic heterocycles. The molecule has 0 radical (unpaired) electrons. The first kappa shape index (κ1) is 30.2. The number of likely N-dealkylation sites (tertiary alicyclic amines) is 1. The van der Waals surface area contributed by atoms with Crippen LogP contribution in [0.25, 0.3) is 11.1 Å². The van der Waals surface area contributed by atoms with Crippen molar-refractivity contribution in [1.29, 1.82) is 0 Å².